The number of aromatic nitrogens is 1. The second-order valence-electron chi connectivity index (χ2n) is 4.62. The van der Waals surface area contributed by atoms with Crippen molar-refractivity contribution in [3.63, 3.8) is 0 Å². The number of hydrogen-bond donors (Lipinski definition) is 2. The largest absolute Gasteiger partial charge is 0.306 e. The Hall–Kier alpha value is -1.53. The smallest absolute Gasteiger partial charge is 0.243 e. The van der Waals surface area contributed by atoms with Gasteiger partial charge in [0.2, 0.25) is 5.91 Å². The van der Waals surface area contributed by atoms with Crippen molar-refractivity contribution in [3.05, 3.63) is 24.0 Å². The van der Waals surface area contributed by atoms with Gasteiger partial charge in [-0.2, -0.15) is 0 Å². The number of rotatable bonds is 2. The van der Waals surface area contributed by atoms with Crippen LogP contribution in [0.25, 0.3) is 10.2 Å². The molecule has 0 bridgehead atoms. The predicted octanol–water partition coefficient (Wildman–Crippen LogP) is 2.52. The molecule has 0 radical (unpaired) electrons. The molecule has 6 heteroatoms. The zero-order valence-electron chi connectivity index (χ0n) is 10.3. The van der Waals surface area contributed by atoms with Gasteiger partial charge in [0.1, 0.15) is 5.82 Å². The Bertz CT molecular complexity index is 607. The van der Waals surface area contributed by atoms with Crippen molar-refractivity contribution in [2.24, 2.45) is 0 Å². The van der Waals surface area contributed by atoms with Crippen LogP contribution in [0.1, 0.15) is 19.3 Å². The maximum absolute atomic E-state index is 13.1. The molecule has 1 atom stereocenters. The molecular formula is C13H14FN3OS. The van der Waals surface area contributed by atoms with Gasteiger partial charge in [-0.1, -0.05) is 17.8 Å². The van der Waals surface area contributed by atoms with Crippen LogP contribution in [0.3, 0.4) is 0 Å². The SMILES string of the molecule is O=C(Nc1nc2ccc(F)cc2s1)[C@@H]1CCCCN1. The summed E-state index contributed by atoms with van der Waals surface area (Å²) in [7, 11) is 0. The second kappa shape index (κ2) is 5.22. The van der Waals surface area contributed by atoms with Gasteiger partial charge in [-0.05, 0) is 37.6 Å². The van der Waals surface area contributed by atoms with Crippen molar-refractivity contribution in [2.45, 2.75) is 25.3 Å². The van der Waals surface area contributed by atoms with Gasteiger partial charge in [0.05, 0.1) is 16.3 Å². The lowest BCUT2D eigenvalue weighted by molar-refractivity contribution is -0.118. The van der Waals surface area contributed by atoms with Crippen LogP contribution in [0.4, 0.5) is 9.52 Å². The zero-order chi connectivity index (χ0) is 13.2. The Labute approximate surface area is 114 Å². The maximum atomic E-state index is 13.1. The summed E-state index contributed by atoms with van der Waals surface area (Å²) >= 11 is 1.29. The lowest BCUT2D eigenvalue weighted by Crippen LogP contribution is -2.43. The summed E-state index contributed by atoms with van der Waals surface area (Å²) in [5.41, 5.74) is 0.707. The number of halogens is 1. The van der Waals surface area contributed by atoms with Crippen LogP contribution in [0.5, 0.6) is 0 Å². The van der Waals surface area contributed by atoms with Crippen LogP contribution in [-0.2, 0) is 4.79 Å². The number of carbonyl (C=O) groups excluding carboxylic acids is 1. The van der Waals surface area contributed by atoms with Crippen molar-refractivity contribution in [1.82, 2.24) is 10.3 Å². The average Bonchev–Trinajstić information content (AvgIpc) is 2.81. The maximum Gasteiger partial charge on any atom is 0.243 e. The van der Waals surface area contributed by atoms with E-state index in [0.717, 1.165) is 30.5 Å². The summed E-state index contributed by atoms with van der Waals surface area (Å²) in [5.74, 6) is -0.345. The van der Waals surface area contributed by atoms with Crippen molar-refractivity contribution >= 4 is 32.6 Å². The van der Waals surface area contributed by atoms with E-state index in [1.807, 2.05) is 0 Å². The molecule has 1 aromatic heterocycles. The van der Waals surface area contributed by atoms with Crippen LogP contribution < -0.4 is 10.6 Å². The molecular weight excluding hydrogens is 265 g/mol. The number of benzene rings is 1. The third kappa shape index (κ3) is 2.74. The van der Waals surface area contributed by atoms with Crippen LogP contribution in [0.2, 0.25) is 0 Å². The monoisotopic (exact) mass is 279 g/mol. The molecule has 2 N–H and O–H groups in total. The van der Waals surface area contributed by atoms with Gasteiger partial charge in [0, 0.05) is 0 Å². The Morgan fingerprint density at radius 2 is 2.37 bits per heavy atom. The van der Waals surface area contributed by atoms with E-state index >= 15 is 0 Å². The summed E-state index contributed by atoms with van der Waals surface area (Å²) in [6.45, 7) is 0.878. The van der Waals surface area contributed by atoms with E-state index in [9.17, 15) is 9.18 Å². The fourth-order valence-electron chi connectivity index (χ4n) is 2.22. The average molecular weight is 279 g/mol. The van der Waals surface area contributed by atoms with E-state index in [4.69, 9.17) is 0 Å². The van der Waals surface area contributed by atoms with Gasteiger partial charge in [0.25, 0.3) is 0 Å². The van der Waals surface area contributed by atoms with Gasteiger partial charge in [0.15, 0.2) is 5.13 Å². The van der Waals surface area contributed by atoms with Gasteiger partial charge in [-0.3, -0.25) is 4.79 Å². The lowest BCUT2D eigenvalue weighted by atomic mass is 10.0. The normalized spacial score (nSPS) is 19.5. The Balaban J connectivity index is 1.75. The number of piperidine rings is 1. The summed E-state index contributed by atoms with van der Waals surface area (Å²) in [6.07, 6.45) is 3.03. The molecule has 0 spiro atoms. The highest BCUT2D eigenvalue weighted by molar-refractivity contribution is 7.22. The molecule has 3 rings (SSSR count). The molecule has 4 nitrogen and oxygen atoms in total. The fourth-order valence-corrected chi connectivity index (χ4v) is 3.11. The second-order valence-corrected chi connectivity index (χ2v) is 5.65. The van der Waals surface area contributed by atoms with Gasteiger partial charge in [-0.25, -0.2) is 9.37 Å². The molecule has 19 heavy (non-hydrogen) atoms. The van der Waals surface area contributed by atoms with Crippen molar-refractivity contribution in [2.75, 3.05) is 11.9 Å². The van der Waals surface area contributed by atoms with E-state index in [1.54, 1.807) is 6.07 Å². The summed E-state index contributed by atoms with van der Waals surface area (Å²) in [5, 5.41) is 6.52. The van der Waals surface area contributed by atoms with Crippen molar-refractivity contribution in [1.29, 1.82) is 0 Å². The predicted molar refractivity (Wildman–Crippen MR) is 73.8 cm³/mol. The molecule has 100 valence electrons. The van der Waals surface area contributed by atoms with Gasteiger partial charge < -0.3 is 10.6 Å². The first-order valence-electron chi connectivity index (χ1n) is 6.33. The quantitative estimate of drug-likeness (QED) is 0.888. The van der Waals surface area contributed by atoms with Gasteiger partial charge >= 0.3 is 0 Å². The van der Waals surface area contributed by atoms with Gasteiger partial charge in [-0.15, -0.1) is 0 Å². The number of thiazole rings is 1. The first-order valence-corrected chi connectivity index (χ1v) is 7.14. The van der Waals surface area contributed by atoms with E-state index in [2.05, 4.69) is 15.6 Å². The number of amides is 1. The summed E-state index contributed by atoms with van der Waals surface area (Å²) in [6, 6.07) is 4.28. The minimum absolute atomic E-state index is 0.0563. The molecule has 1 aliphatic rings. The topological polar surface area (TPSA) is 54.0 Å². The lowest BCUT2D eigenvalue weighted by Gasteiger charge is -2.21. The minimum Gasteiger partial charge on any atom is -0.306 e. The summed E-state index contributed by atoms with van der Waals surface area (Å²) < 4.78 is 13.8. The molecule has 0 unspecified atom stereocenters. The molecule has 2 heterocycles. The van der Waals surface area contributed by atoms with Crippen molar-refractivity contribution < 1.29 is 9.18 Å². The first kappa shape index (κ1) is 12.5. The molecule has 0 saturated carbocycles. The Kier molecular flexibility index (Phi) is 3.44. The number of carbonyl (C=O) groups is 1. The highest BCUT2D eigenvalue weighted by Gasteiger charge is 2.21. The molecule has 1 amide bonds. The molecule has 1 aromatic carbocycles. The minimum atomic E-state index is -0.289. The third-order valence-electron chi connectivity index (χ3n) is 3.21. The molecule has 2 aromatic rings. The number of nitrogens with one attached hydrogen (secondary N) is 2. The van der Waals surface area contributed by atoms with Crippen LogP contribution in [-0.4, -0.2) is 23.5 Å². The van der Waals surface area contributed by atoms with Crippen molar-refractivity contribution in [3.8, 4) is 0 Å². The number of fused-ring (bicyclic) bond motifs is 1. The summed E-state index contributed by atoms with van der Waals surface area (Å²) in [4.78, 5) is 16.3. The number of nitrogens with zero attached hydrogens (tertiary/aromatic N) is 1. The molecule has 1 saturated heterocycles. The first-order chi connectivity index (χ1) is 9.22. The number of anilines is 1. The van der Waals surface area contributed by atoms with Crippen LogP contribution in [0, 0.1) is 5.82 Å². The molecule has 1 aliphatic heterocycles. The van der Waals surface area contributed by atoms with E-state index < -0.39 is 0 Å². The molecule has 1 fully saturated rings. The van der Waals surface area contributed by atoms with E-state index in [1.165, 1.54) is 23.5 Å². The van der Waals surface area contributed by atoms with Crippen LogP contribution >= 0.6 is 11.3 Å². The molecule has 0 aliphatic carbocycles. The standard InChI is InChI=1S/C13H14FN3OS/c14-8-4-5-9-11(7-8)19-13(16-9)17-12(18)10-3-1-2-6-15-10/h4-5,7,10,15H,1-3,6H2,(H,16,17,18)/t10-/m0/s1. The highest BCUT2D eigenvalue weighted by Crippen LogP contribution is 2.26. The zero-order valence-corrected chi connectivity index (χ0v) is 11.1. The highest BCUT2D eigenvalue weighted by atomic mass is 32.1. The fraction of sp³-hybridized carbons (Fsp3) is 0.385. The van der Waals surface area contributed by atoms with E-state index in [-0.39, 0.29) is 17.8 Å². The van der Waals surface area contributed by atoms with E-state index in [0.29, 0.717) is 10.6 Å². The third-order valence-corrected chi connectivity index (χ3v) is 4.14. The Morgan fingerprint density at radius 1 is 1.47 bits per heavy atom. The number of hydrogen-bond acceptors (Lipinski definition) is 4. The Morgan fingerprint density at radius 3 is 3.16 bits per heavy atom. The van der Waals surface area contributed by atoms with Crippen LogP contribution in [0.15, 0.2) is 18.2 Å².